The number of anilines is 1. The monoisotopic (exact) mass is 481 g/mol. The maximum Gasteiger partial charge on any atom is 0.255 e. The van der Waals surface area contributed by atoms with Gasteiger partial charge in [-0.3, -0.25) is 9.59 Å². The van der Waals surface area contributed by atoms with Crippen LogP contribution in [0.5, 0.6) is 5.75 Å². The number of carbonyl (C=O) groups is 2. The van der Waals surface area contributed by atoms with E-state index in [2.05, 4.69) is 31.5 Å². The van der Waals surface area contributed by atoms with Crippen molar-refractivity contribution in [2.75, 3.05) is 11.9 Å². The number of hydrogen-bond donors (Lipinski definition) is 2. The minimum absolute atomic E-state index is 0.0900. The van der Waals surface area contributed by atoms with Gasteiger partial charge in [0.2, 0.25) is 0 Å². The summed E-state index contributed by atoms with van der Waals surface area (Å²) in [5, 5.41) is 6.21. The lowest BCUT2D eigenvalue weighted by Gasteiger charge is -2.34. The lowest BCUT2D eigenvalue weighted by molar-refractivity contribution is -0.116. The van der Waals surface area contributed by atoms with Gasteiger partial charge in [0.25, 0.3) is 5.91 Å². The third-order valence-electron chi connectivity index (χ3n) is 5.51. The van der Waals surface area contributed by atoms with Crippen LogP contribution in [0, 0.1) is 0 Å². The van der Waals surface area contributed by atoms with E-state index >= 15 is 0 Å². The van der Waals surface area contributed by atoms with Crippen molar-refractivity contribution in [1.29, 1.82) is 0 Å². The average Bonchev–Trinajstić information content (AvgIpc) is 2.75. The number of nitrogens with zero attached hydrogens (tertiary/aromatic N) is 1. The van der Waals surface area contributed by atoms with Crippen LogP contribution >= 0.6 is 15.9 Å². The molecule has 2 aromatic rings. The lowest BCUT2D eigenvalue weighted by atomic mass is 9.75. The van der Waals surface area contributed by atoms with Crippen molar-refractivity contribution in [2.24, 2.45) is 0 Å². The Morgan fingerprint density at radius 3 is 2.68 bits per heavy atom. The molecule has 1 aliphatic carbocycles. The number of pyridine rings is 1. The minimum atomic E-state index is -0.435. The second-order valence-electron chi connectivity index (χ2n) is 7.58. The second kappa shape index (κ2) is 9.06. The fourth-order valence-corrected chi connectivity index (χ4v) is 4.41. The number of benzene rings is 1. The molecule has 0 saturated carbocycles. The summed E-state index contributed by atoms with van der Waals surface area (Å²) in [6.07, 6.45) is 3.74. The Balaban J connectivity index is 1.74. The Morgan fingerprint density at radius 1 is 1.23 bits per heavy atom. The highest BCUT2D eigenvalue weighted by atomic mass is 79.9. The standard InChI is InChI=1S/C24H24BrN3O3/c1-3-31-17-10-7-15(8-11-17)22-21(24(30)28-20-12-9-16(25)13-26-20)14(2)27-18-5-4-6-19(29)23(18)22/h7-13,22,27H,3-6H2,1-2H3,(H,26,28,30)/t22-/m1/s1. The number of hydrogen-bond acceptors (Lipinski definition) is 5. The molecule has 1 amide bonds. The van der Waals surface area contributed by atoms with E-state index in [1.165, 1.54) is 0 Å². The summed E-state index contributed by atoms with van der Waals surface area (Å²) in [5.41, 5.74) is 3.78. The first-order chi connectivity index (χ1) is 15.0. The van der Waals surface area contributed by atoms with E-state index in [4.69, 9.17) is 4.74 Å². The molecule has 2 N–H and O–H groups in total. The number of nitrogens with one attached hydrogen (secondary N) is 2. The van der Waals surface area contributed by atoms with Gasteiger partial charge in [0.15, 0.2) is 5.78 Å². The number of dihydropyridines is 1. The van der Waals surface area contributed by atoms with E-state index in [0.29, 0.717) is 30.0 Å². The summed E-state index contributed by atoms with van der Waals surface area (Å²) in [5.74, 6) is 0.592. The molecule has 4 rings (SSSR count). The summed E-state index contributed by atoms with van der Waals surface area (Å²) < 4.78 is 6.39. The van der Waals surface area contributed by atoms with Crippen LogP contribution in [0.25, 0.3) is 0 Å². The van der Waals surface area contributed by atoms with Gasteiger partial charge in [-0.2, -0.15) is 0 Å². The normalized spacial score (nSPS) is 18.4. The molecule has 6 nitrogen and oxygen atoms in total. The topological polar surface area (TPSA) is 80.3 Å². The van der Waals surface area contributed by atoms with Crippen molar-refractivity contribution in [1.82, 2.24) is 10.3 Å². The van der Waals surface area contributed by atoms with E-state index in [0.717, 1.165) is 40.0 Å². The molecule has 0 bridgehead atoms. The molecule has 2 heterocycles. The maximum atomic E-state index is 13.4. The van der Waals surface area contributed by atoms with Crippen LogP contribution in [0.3, 0.4) is 0 Å². The van der Waals surface area contributed by atoms with Crippen molar-refractivity contribution in [3.05, 3.63) is 75.2 Å². The highest BCUT2D eigenvalue weighted by Gasteiger charge is 2.38. The minimum Gasteiger partial charge on any atom is -0.494 e. The molecule has 31 heavy (non-hydrogen) atoms. The number of aromatic nitrogens is 1. The zero-order chi connectivity index (χ0) is 22.0. The van der Waals surface area contributed by atoms with Crippen LogP contribution in [-0.2, 0) is 9.59 Å². The molecule has 2 aliphatic rings. The number of Topliss-reactive ketones (excluding diaryl/α,β-unsaturated/α-hetero) is 1. The van der Waals surface area contributed by atoms with Crippen molar-refractivity contribution in [2.45, 2.75) is 39.0 Å². The fourth-order valence-electron chi connectivity index (χ4n) is 4.17. The van der Waals surface area contributed by atoms with E-state index in [9.17, 15) is 9.59 Å². The molecule has 1 aliphatic heterocycles. The largest absolute Gasteiger partial charge is 0.494 e. The first-order valence-corrected chi connectivity index (χ1v) is 11.2. The Morgan fingerprint density at radius 2 is 2.00 bits per heavy atom. The van der Waals surface area contributed by atoms with Gasteiger partial charge in [-0.25, -0.2) is 4.98 Å². The van der Waals surface area contributed by atoms with Crippen LogP contribution in [0.2, 0.25) is 0 Å². The summed E-state index contributed by atoms with van der Waals surface area (Å²) >= 11 is 3.35. The molecule has 0 saturated heterocycles. The van der Waals surface area contributed by atoms with Crippen LogP contribution in [0.4, 0.5) is 5.82 Å². The Hall–Kier alpha value is -2.93. The first kappa shape index (κ1) is 21.3. The number of rotatable bonds is 5. The van der Waals surface area contributed by atoms with Gasteiger partial charge in [-0.15, -0.1) is 0 Å². The molecule has 1 aromatic carbocycles. The molecule has 1 aromatic heterocycles. The van der Waals surface area contributed by atoms with Crippen molar-refractivity contribution < 1.29 is 14.3 Å². The summed E-state index contributed by atoms with van der Waals surface area (Å²) in [7, 11) is 0. The third-order valence-corrected chi connectivity index (χ3v) is 5.98. The average molecular weight is 482 g/mol. The number of amides is 1. The lowest BCUT2D eigenvalue weighted by Crippen LogP contribution is -2.35. The zero-order valence-electron chi connectivity index (χ0n) is 17.5. The van der Waals surface area contributed by atoms with Gasteiger partial charge in [-0.1, -0.05) is 12.1 Å². The molecule has 7 heteroatoms. The van der Waals surface area contributed by atoms with E-state index in [1.54, 1.807) is 12.3 Å². The van der Waals surface area contributed by atoms with Crippen LogP contribution < -0.4 is 15.4 Å². The fraction of sp³-hybridized carbons (Fsp3) is 0.292. The molecule has 0 spiro atoms. The van der Waals surface area contributed by atoms with Gasteiger partial charge in [0, 0.05) is 45.5 Å². The number of ketones is 1. The second-order valence-corrected chi connectivity index (χ2v) is 8.50. The number of halogens is 1. The summed E-state index contributed by atoms with van der Waals surface area (Å²) in [6, 6.07) is 11.2. The predicted octanol–water partition coefficient (Wildman–Crippen LogP) is 4.85. The van der Waals surface area contributed by atoms with Crippen LogP contribution in [-0.4, -0.2) is 23.3 Å². The Kier molecular flexibility index (Phi) is 6.23. The summed E-state index contributed by atoms with van der Waals surface area (Å²) in [6.45, 7) is 4.39. The smallest absolute Gasteiger partial charge is 0.255 e. The van der Waals surface area contributed by atoms with Crippen molar-refractivity contribution >= 4 is 33.4 Å². The van der Waals surface area contributed by atoms with Gasteiger partial charge in [-0.05, 0) is 72.4 Å². The quantitative estimate of drug-likeness (QED) is 0.637. The van der Waals surface area contributed by atoms with Gasteiger partial charge in [0.05, 0.1) is 6.61 Å². The molecule has 0 unspecified atom stereocenters. The van der Waals surface area contributed by atoms with E-state index in [-0.39, 0.29) is 11.7 Å². The molecular formula is C24H24BrN3O3. The molecule has 160 valence electrons. The Labute approximate surface area is 189 Å². The Bertz CT molecular complexity index is 1070. The first-order valence-electron chi connectivity index (χ1n) is 10.4. The highest BCUT2D eigenvalue weighted by molar-refractivity contribution is 9.10. The van der Waals surface area contributed by atoms with E-state index in [1.807, 2.05) is 44.2 Å². The number of allylic oxidation sites excluding steroid dienone is 3. The van der Waals surface area contributed by atoms with E-state index < -0.39 is 5.92 Å². The maximum absolute atomic E-state index is 13.4. The molecule has 0 fully saturated rings. The predicted molar refractivity (Wildman–Crippen MR) is 123 cm³/mol. The highest BCUT2D eigenvalue weighted by Crippen LogP contribution is 2.42. The SMILES string of the molecule is CCOc1ccc([C@@H]2C(C(=O)Nc3ccc(Br)cn3)=C(C)NC3=C2C(=O)CCC3)cc1. The third kappa shape index (κ3) is 4.42. The zero-order valence-corrected chi connectivity index (χ0v) is 19.1. The molecule has 0 radical (unpaired) electrons. The number of carbonyl (C=O) groups excluding carboxylic acids is 2. The van der Waals surface area contributed by atoms with Crippen molar-refractivity contribution in [3.8, 4) is 5.75 Å². The van der Waals surface area contributed by atoms with Gasteiger partial charge in [0.1, 0.15) is 11.6 Å². The molecule has 1 atom stereocenters. The molecular weight excluding hydrogens is 458 g/mol. The van der Waals surface area contributed by atoms with Crippen LogP contribution in [0.15, 0.2) is 69.6 Å². The van der Waals surface area contributed by atoms with Crippen LogP contribution in [0.1, 0.15) is 44.6 Å². The van der Waals surface area contributed by atoms with Gasteiger partial charge < -0.3 is 15.4 Å². The summed E-state index contributed by atoms with van der Waals surface area (Å²) in [4.78, 5) is 30.6. The van der Waals surface area contributed by atoms with Gasteiger partial charge >= 0.3 is 0 Å². The van der Waals surface area contributed by atoms with Crippen molar-refractivity contribution in [3.63, 3.8) is 0 Å². The number of ether oxygens (including phenoxy) is 1.